The molecular weight excluding hydrogens is 702 g/mol. The normalized spacial score (nSPS) is 20.1. The number of hydrogen-bond donors (Lipinski definition) is 0. The maximum Gasteiger partial charge on any atom is 0.366 e. The largest absolute Gasteiger partial charge is 0.465 e. The first-order valence-corrected chi connectivity index (χ1v) is 16.6. The Morgan fingerprint density at radius 2 is 1.19 bits per heavy atom. The van der Waals surface area contributed by atoms with Gasteiger partial charge in [0.15, 0.2) is 12.2 Å². The average molecular weight is 738 g/mol. The van der Waals surface area contributed by atoms with Crippen LogP contribution in [0, 0.1) is 0 Å². The van der Waals surface area contributed by atoms with E-state index in [4.69, 9.17) is 33.2 Å². The van der Waals surface area contributed by atoms with E-state index in [9.17, 15) is 29.5 Å². The van der Waals surface area contributed by atoms with Crippen molar-refractivity contribution in [3.63, 3.8) is 0 Å². The summed E-state index contributed by atoms with van der Waals surface area (Å²) in [5.74, 6) is -7.02. The molecule has 0 bridgehead atoms. The molecular formula is C39H35N3O12. The molecule has 0 aromatic heterocycles. The fourth-order valence-corrected chi connectivity index (χ4v) is 5.70. The number of carbonyl (C=O) groups excluding carboxylic acids is 5. The Morgan fingerprint density at radius 1 is 0.722 bits per heavy atom. The number of benzene rings is 4. The summed E-state index contributed by atoms with van der Waals surface area (Å²) in [7, 11) is 2.18. The zero-order valence-corrected chi connectivity index (χ0v) is 29.1. The lowest BCUT2D eigenvalue weighted by atomic mass is 9.88. The van der Waals surface area contributed by atoms with Gasteiger partial charge in [-0.2, -0.15) is 0 Å². The van der Waals surface area contributed by atoms with Crippen molar-refractivity contribution in [1.82, 2.24) is 0 Å². The predicted molar refractivity (Wildman–Crippen MR) is 188 cm³/mol. The molecule has 1 saturated heterocycles. The molecule has 1 unspecified atom stereocenters. The lowest BCUT2D eigenvalue weighted by Gasteiger charge is -2.46. The highest BCUT2D eigenvalue weighted by Crippen LogP contribution is 2.38. The van der Waals surface area contributed by atoms with Crippen LogP contribution < -0.4 is 0 Å². The lowest BCUT2D eigenvalue weighted by Crippen LogP contribution is -2.65. The SMILES string of the molecule is COC(=O)[C@]1(OC)C[C@H](OC(=O)c2ccccc2)[C@@H](N=[N+]=[N-])C([C@H](OC(=O)c2ccccc2)[C@@H](COC(=O)c2ccccc2)OC(=O)c2ccccc2)O1. The first kappa shape index (κ1) is 38.7. The third kappa shape index (κ3) is 9.27. The Balaban J connectivity index is 1.64. The number of nitrogens with zero attached hydrogens (tertiary/aromatic N) is 3. The molecule has 0 aliphatic carbocycles. The Bertz CT molecular complexity index is 1960. The Hall–Kier alpha value is -6.54. The van der Waals surface area contributed by atoms with Crippen LogP contribution in [-0.2, 0) is 38.0 Å². The standard InChI is InChI=1S/C39H35N3O12/c1-48-38(47)39(49-2)23-29(51-35(44)26-17-9-4-10-18-26)31(41-42-40)33(54-39)32(53-37(46)28-21-13-6-14-22-28)30(52-36(45)27-19-11-5-12-20-27)24-50-34(43)25-15-7-3-8-16-25/h3-22,29-33H,23-24H2,1-2H3/t29-,30+,31+,32+,33?,39-/m0/s1. The van der Waals surface area contributed by atoms with Gasteiger partial charge in [0.25, 0.3) is 5.79 Å². The van der Waals surface area contributed by atoms with Gasteiger partial charge in [-0.05, 0) is 54.1 Å². The molecule has 15 nitrogen and oxygen atoms in total. The highest BCUT2D eigenvalue weighted by Gasteiger charge is 2.58. The van der Waals surface area contributed by atoms with E-state index in [0.717, 1.165) is 14.2 Å². The van der Waals surface area contributed by atoms with Gasteiger partial charge in [-0.15, -0.1) is 0 Å². The highest BCUT2D eigenvalue weighted by atomic mass is 16.7. The number of rotatable bonds is 14. The van der Waals surface area contributed by atoms with Gasteiger partial charge in [0.2, 0.25) is 0 Å². The van der Waals surface area contributed by atoms with Crippen molar-refractivity contribution >= 4 is 29.8 Å². The summed E-state index contributed by atoms with van der Waals surface area (Å²) in [6.07, 6.45) is -7.40. The predicted octanol–water partition coefficient (Wildman–Crippen LogP) is 5.50. The van der Waals surface area contributed by atoms with Crippen LogP contribution in [0.1, 0.15) is 47.9 Å². The van der Waals surface area contributed by atoms with E-state index in [0.29, 0.717) is 0 Å². The minimum Gasteiger partial charge on any atom is -0.465 e. The van der Waals surface area contributed by atoms with Crippen molar-refractivity contribution < 1.29 is 57.1 Å². The topological polar surface area (TPSA) is 199 Å². The van der Waals surface area contributed by atoms with Crippen LogP contribution in [0.3, 0.4) is 0 Å². The Labute approximate surface area is 309 Å². The first-order valence-electron chi connectivity index (χ1n) is 16.6. The minimum atomic E-state index is -2.35. The van der Waals surface area contributed by atoms with Crippen molar-refractivity contribution in [3.8, 4) is 0 Å². The van der Waals surface area contributed by atoms with E-state index >= 15 is 0 Å². The summed E-state index contributed by atoms with van der Waals surface area (Å²) in [4.78, 5) is 70.4. The molecule has 1 fully saturated rings. The number of hydrogen-bond acceptors (Lipinski definition) is 13. The van der Waals surface area contributed by atoms with Crippen LogP contribution in [0.5, 0.6) is 0 Å². The molecule has 1 aliphatic rings. The summed E-state index contributed by atoms with van der Waals surface area (Å²) >= 11 is 0. The van der Waals surface area contributed by atoms with Crippen LogP contribution in [0.15, 0.2) is 126 Å². The van der Waals surface area contributed by atoms with E-state index in [-0.39, 0.29) is 22.3 Å². The van der Waals surface area contributed by atoms with Gasteiger partial charge in [0.1, 0.15) is 24.9 Å². The van der Waals surface area contributed by atoms with Gasteiger partial charge in [-0.1, -0.05) is 77.9 Å². The van der Waals surface area contributed by atoms with Crippen molar-refractivity contribution in [3.05, 3.63) is 154 Å². The average Bonchev–Trinajstić information content (AvgIpc) is 3.22. The Morgan fingerprint density at radius 3 is 1.65 bits per heavy atom. The van der Waals surface area contributed by atoms with Gasteiger partial charge < -0.3 is 33.2 Å². The second-order valence-corrected chi connectivity index (χ2v) is 11.8. The minimum absolute atomic E-state index is 0.0473. The van der Waals surface area contributed by atoms with Crippen molar-refractivity contribution in [1.29, 1.82) is 0 Å². The monoisotopic (exact) mass is 737 g/mol. The molecule has 0 radical (unpaired) electrons. The second kappa shape index (κ2) is 18.3. The van der Waals surface area contributed by atoms with Gasteiger partial charge in [0, 0.05) is 12.0 Å². The number of azide groups is 1. The quantitative estimate of drug-likeness (QED) is 0.0518. The maximum absolute atomic E-state index is 13.8. The van der Waals surface area contributed by atoms with E-state index in [1.54, 1.807) is 72.8 Å². The van der Waals surface area contributed by atoms with E-state index < -0.39 is 79.1 Å². The molecule has 0 amide bonds. The van der Waals surface area contributed by atoms with Crippen LogP contribution in [-0.4, -0.2) is 86.9 Å². The second-order valence-electron chi connectivity index (χ2n) is 11.8. The third-order valence-corrected chi connectivity index (χ3v) is 8.39. The van der Waals surface area contributed by atoms with Crippen LogP contribution in [0.25, 0.3) is 10.4 Å². The van der Waals surface area contributed by atoms with E-state index in [2.05, 4.69) is 10.0 Å². The van der Waals surface area contributed by atoms with E-state index in [1.165, 1.54) is 48.5 Å². The molecule has 1 heterocycles. The highest BCUT2D eigenvalue weighted by molar-refractivity contribution is 5.91. The molecule has 0 N–H and O–H groups in total. The summed E-state index contributed by atoms with van der Waals surface area (Å²) in [5, 5.41) is 3.87. The smallest absolute Gasteiger partial charge is 0.366 e. The molecule has 1 aliphatic heterocycles. The molecule has 278 valence electrons. The molecule has 15 heteroatoms. The van der Waals surface area contributed by atoms with Gasteiger partial charge in [-0.25, -0.2) is 24.0 Å². The van der Waals surface area contributed by atoms with Gasteiger partial charge >= 0.3 is 29.8 Å². The van der Waals surface area contributed by atoms with Crippen LogP contribution in [0.4, 0.5) is 0 Å². The fraction of sp³-hybridized carbons (Fsp3) is 0.256. The van der Waals surface area contributed by atoms with Crippen molar-refractivity contribution in [2.45, 2.75) is 42.7 Å². The number of ether oxygens (including phenoxy) is 7. The first-order chi connectivity index (χ1) is 26.2. The number of carbonyl (C=O) groups is 5. The fourth-order valence-electron chi connectivity index (χ4n) is 5.70. The van der Waals surface area contributed by atoms with Gasteiger partial charge in [-0.3, -0.25) is 0 Å². The number of methoxy groups -OCH3 is 2. The lowest BCUT2D eigenvalue weighted by molar-refractivity contribution is -0.301. The summed E-state index contributed by atoms with van der Waals surface area (Å²) in [6.45, 7) is -0.742. The summed E-state index contributed by atoms with van der Waals surface area (Å²) in [6, 6.07) is 29.7. The third-order valence-electron chi connectivity index (χ3n) is 8.39. The zero-order valence-electron chi connectivity index (χ0n) is 29.1. The molecule has 54 heavy (non-hydrogen) atoms. The Kier molecular flexibility index (Phi) is 13.1. The van der Waals surface area contributed by atoms with Crippen LogP contribution >= 0.6 is 0 Å². The van der Waals surface area contributed by atoms with Crippen molar-refractivity contribution in [2.75, 3.05) is 20.8 Å². The maximum atomic E-state index is 13.8. The number of esters is 5. The molecule has 6 atom stereocenters. The van der Waals surface area contributed by atoms with Gasteiger partial charge in [0.05, 0.1) is 35.8 Å². The van der Waals surface area contributed by atoms with Crippen molar-refractivity contribution in [2.24, 2.45) is 5.11 Å². The molecule has 0 saturated carbocycles. The van der Waals surface area contributed by atoms with Crippen LogP contribution in [0.2, 0.25) is 0 Å². The van der Waals surface area contributed by atoms with E-state index in [1.807, 2.05) is 0 Å². The summed E-state index contributed by atoms with van der Waals surface area (Å²) in [5.41, 5.74) is 10.2. The zero-order chi connectivity index (χ0) is 38.5. The molecule has 0 spiro atoms. The molecule has 5 rings (SSSR count). The summed E-state index contributed by atoms with van der Waals surface area (Å²) < 4.78 is 40.2. The molecule has 4 aromatic rings. The molecule has 4 aromatic carbocycles.